The summed E-state index contributed by atoms with van der Waals surface area (Å²) < 4.78 is 7.70. The zero-order valence-corrected chi connectivity index (χ0v) is 10.9. The number of nitrogens with zero attached hydrogens (tertiary/aromatic N) is 2. The normalized spacial score (nSPS) is 21.9. The van der Waals surface area contributed by atoms with Gasteiger partial charge in [-0.1, -0.05) is 6.92 Å². The van der Waals surface area contributed by atoms with Crippen LogP contribution in [-0.2, 0) is 24.1 Å². The molecule has 2 heterocycles. The van der Waals surface area contributed by atoms with Gasteiger partial charge in [-0.15, -0.1) is 0 Å². The molecule has 0 saturated carbocycles. The number of hydrogen-bond acceptors (Lipinski definition) is 3. The molecule has 1 aromatic heterocycles. The third kappa shape index (κ3) is 2.87. The second-order valence-corrected chi connectivity index (χ2v) is 4.72. The van der Waals surface area contributed by atoms with Crippen LogP contribution in [0.2, 0.25) is 0 Å². The molecular formula is C13H23N3O. The van der Waals surface area contributed by atoms with Crippen LogP contribution < -0.4 is 5.73 Å². The van der Waals surface area contributed by atoms with E-state index >= 15 is 0 Å². The van der Waals surface area contributed by atoms with E-state index in [-0.39, 0.29) is 12.1 Å². The van der Waals surface area contributed by atoms with Gasteiger partial charge in [-0.2, -0.15) is 5.10 Å². The van der Waals surface area contributed by atoms with Crippen molar-refractivity contribution < 1.29 is 4.74 Å². The van der Waals surface area contributed by atoms with Crippen LogP contribution >= 0.6 is 0 Å². The minimum absolute atomic E-state index is 0.101. The fraction of sp³-hybridized carbons (Fsp3) is 0.769. The van der Waals surface area contributed by atoms with Crippen molar-refractivity contribution in [2.45, 2.75) is 58.2 Å². The molecule has 0 aliphatic carbocycles. The van der Waals surface area contributed by atoms with Gasteiger partial charge in [0.25, 0.3) is 0 Å². The number of aromatic nitrogens is 2. The average Bonchev–Trinajstić information content (AvgIpc) is 2.97. The summed E-state index contributed by atoms with van der Waals surface area (Å²) in [6.45, 7) is 6.03. The van der Waals surface area contributed by atoms with Crippen molar-refractivity contribution in [3.8, 4) is 0 Å². The van der Waals surface area contributed by atoms with Gasteiger partial charge in [-0.3, -0.25) is 4.68 Å². The molecule has 0 aromatic carbocycles. The van der Waals surface area contributed by atoms with Crippen molar-refractivity contribution in [3.63, 3.8) is 0 Å². The SMILES string of the molecule is CCc1cc(CC(N)C2CCCO2)n(CC)n1. The summed E-state index contributed by atoms with van der Waals surface area (Å²) in [4.78, 5) is 0. The highest BCUT2D eigenvalue weighted by Crippen LogP contribution is 2.18. The average molecular weight is 237 g/mol. The van der Waals surface area contributed by atoms with E-state index in [9.17, 15) is 0 Å². The molecule has 0 bridgehead atoms. The Morgan fingerprint density at radius 1 is 1.59 bits per heavy atom. The highest BCUT2D eigenvalue weighted by molar-refractivity contribution is 5.12. The summed E-state index contributed by atoms with van der Waals surface area (Å²) >= 11 is 0. The first-order chi connectivity index (χ1) is 8.24. The highest BCUT2D eigenvalue weighted by Gasteiger charge is 2.24. The maximum absolute atomic E-state index is 6.22. The number of aryl methyl sites for hydroxylation is 2. The Bertz CT molecular complexity index is 356. The van der Waals surface area contributed by atoms with Crippen molar-refractivity contribution in [2.24, 2.45) is 5.73 Å². The second-order valence-electron chi connectivity index (χ2n) is 4.72. The zero-order chi connectivity index (χ0) is 12.3. The summed E-state index contributed by atoms with van der Waals surface area (Å²) in [6.07, 6.45) is 4.33. The minimum Gasteiger partial charge on any atom is -0.377 e. The van der Waals surface area contributed by atoms with Gasteiger partial charge < -0.3 is 10.5 Å². The predicted molar refractivity (Wildman–Crippen MR) is 67.9 cm³/mol. The fourth-order valence-electron chi connectivity index (χ4n) is 2.44. The Hall–Kier alpha value is -0.870. The maximum Gasteiger partial charge on any atom is 0.0730 e. The van der Waals surface area contributed by atoms with Crippen molar-refractivity contribution in [3.05, 3.63) is 17.5 Å². The maximum atomic E-state index is 6.22. The Morgan fingerprint density at radius 3 is 3.00 bits per heavy atom. The van der Waals surface area contributed by atoms with Gasteiger partial charge in [0.15, 0.2) is 0 Å². The molecular weight excluding hydrogens is 214 g/mol. The molecule has 1 aliphatic rings. The molecule has 1 aliphatic heterocycles. The smallest absolute Gasteiger partial charge is 0.0730 e. The third-order valence-corrected chi connectivity index (χ3v) is 3.46. The van der Waals surface area contributed by atoms with Crippen LogP contribution in [0.25, 0.3) is 0 Å². The van der Waals surface area contributed by atoms with Gasteiger partial charge in [0.05, 0.1) is 11.8 Å². The molecule has 2 rings (SSSR count). The Kier molecular flexibility index (Phi) is 4.18. The molecule has 1 saturated heterocycles. The van der Waals surface area contributed by atoms with Crippen molar-refractivity contribution in [2.75, 3.05) is 6.61 Å². The van der Waals surface area contributed by atoms with E-state index in [0.29, 0.717) is 0 Å². The van der Waals surface area contributed by atoms with Gasteiger partial charge in [-0.05, 0) is 32.3 Å². The van der Waals surface area contributed by atoms with Gasteiger partial charge in [0.1, 0.15) is 0 Å². The van der Waals surface area contributed by atoms with Crippen LogP contribution in [0.4, 0.5) is 0 Å². The van der Waals surface area contributed by atoms with Crippen LogP contribution in [0.1, 0.15) is 38.1 Å². The molecule has 96 valence electrons. The third-order valence-electron chi connectivity index (χ3n) is 3.46. The fourth-order valence-corrected chi connectivity index (χ4v) is 2.44. The van der Waals surface area contributed by atoms with Gasteiger partial charge >= 0.3 is 0 Å². The van der Waals surface area contributed by atoms with E-state index < -0.39 is 0 Å². The van der Waals surface area contributed by atoms with E-state index in [0.717, 1.165) is 44.5 Å². The zero-order valence-electron chi connectivity index (χ0n) is 10.9. The molecule has 0 radical (unpaired) electrons. The summed E-state index contributed by atoms with van der Waals surface area (Å²) in [5.41, 5.74) is 8.62. The first-order valence-electron chi connectivity index (χ1n) is 6.67. The summed E-state index contributed by atoms with van der Waals surface area (Å²) in [7, 11) is 0. The van der Waals surface area contributed by atoms with E-state index in [1.54, 1.807) is 0 Å². The molecule has 4 nitrogen and oxygen atoms in total. The van der Waals surface area contributed by atoms with Gasteiger partial charge in [0, 0.05) is 31.3 Å². The summed E-state index contributed by atoms with van der Waals surface area (Å²) in [5.74, 6) is 0. The minimum atomic E-state index is 0.101. The first kappa shape index (κ1) is 12.6. The van der Waals surface area contributed by atoms with Crippen molar-refractivity contribution >= 4 is 0 Å². The molecule has 2 N–H and O–H groups in total. The van der Waals surface area contributed by atoms with Crippen LogP contribution in [0.15, 0.2) is 6.07 Å². The van der Waals surface area contributed by atoms with Crippen LogP contribution in [0.5, 0.6) is 0 Å². The first-order valence-corrected chi connectivity index (χ1v) is 6.67. The molecule has 2 atom stereocenters. The van der Waals surface area contributed by atoms with Crippen LogP contribution in [0.3, 0.4) is 0 Å². The van der Waals surface area contributed by atoms with Crippen LogP contribution in [-0.4, -0.2) is 28.5 Å². The molecule has 0 amide bonds. The predicted octanol–water partition coefficient (Wildman–Crippen LogP) is 1.51. The van der Waals surface area contributed by atoms with E-state index in [1.165, 1.54) is 5.69 Å². The lowest BCUT2D eigenvalue weighted by Gasteiger charge is -2.18. The molecule has 1 aromatic rings. The lowest BCUT2D eigenvalue weighted by molar-refractivity contribution is 0.0894. The van der Waals surface area contributed by atoms with Gasteiger partial charge in [0.2, 0.25) is 0 Å². The molecule has 4 heteroatoms. The summed E-state index contributed by atoms with van der Waals surface area (Å²) in [5, 5.41) is 4.55. The Balaban J connectivity index is 2.03. The van der Waals surface area contributed by atoms with Crippen LogP contribution in [0, 0.1) is 0 Å². The monoisotopic (exact) mass is 237 g/mol. The number of nitrogens with two attached hydrogens (primary N) is 1. The highest BCUT2D eigenvalue weighted by atomic mass is 16.5. The molecule has 2 unspecified atom stereocenters. The number of rotatable bonds is 5. The lowest BCUT2D eigenvalue weighted by atomic mass is 10.0. The number of ether oxygens (including phenoxy) is 1. The van der Waals surface area contributed by atoms with E-state index in [1.807, 2.05) is 0 Å². The molecule has 0 spiro atoms. The van der Waals surface area contributed by atoms with Gasteiger partial charge in [-0.25, -0.2) is 0 Å². The summed E-state index contributed by atoms with van der Waals surface area (Å²) in [6, 6.07) is 2.28. The number of hydrogen-bond donors (Lipinski definition) is 1. The largest absolute Gasteiger partial charge is 0.377 e. The quantitative estimate of drug-likeness (QED) is 0.844. The lowest BCUT2D eigenvalue weighted by Crippen LogP contribution is -2.36. The topological polar surface area (TPSA) is 53.1 Å². The molecule has 17 heavy (non-hydrogen) atoms. The Morgan fingerprint density at radius 2 is 2.41 bits per heavy atom. The second kappa shape index (κ2) is 5.65. The Labute approximate surface area is 103 Å². The van der Waals surface area contributed by atoms with E-state index in [2.05, 4.69) is 29.7 Å². The van der Waals surface area contributed by atoms with Crippen molar-refractivity contribution in [1.29, 1.82) is 0 Å². The standard InChI is InChI=1S/C13H23N3O/c1-3-10-8-11(16(4-2)15-10)9-12(14)13-6-5-7-17-13/h8,12-13H,3-7,9,14H2,1-2H3. The van der Waals surface area contributed by atoms with E-state index in [4.69, 9.17) is 10.5 Å². The molecule has 1 fully saturated rings. The van der Waals surface area contributed by atoms with Crippen molar-refractivity contribution in [1.82, 2.24) is 9.78 Å².